The minimum atomic E-state index is -0.0364. The fourth-order valence-electron chi connectivity index (χ4n) is 1.36. The molecule has 0 saturated heterocycles. The van der Waals surface area contributed by atoms with Crippen LogP contribution in [0.2, 0.25) is 0 Å². The van der Waals surface area contributed by atoms with Crippen LogP contribution in [0.5, 0.6) is 5.75 Å². The summed E-state index contributed by atoms with van der Waals surface area (Å²) in [5.41, 5.74) is 6.88. The Balaban J connectivity index is 2.82. The molecule has 0 aliphatic rings. The lowest BCUT2D eigenvalue weighted by atomic mass is 10.2. The van der Waals surface area contributed by atoms with E-state index in [0.29, 0.717) is 28.4 Å². The van der Waals surface area contributed by atoms with Gasteiger partial charge in [-0.3, -0.25) is 4.79 Å². The van der Waals surface area contributed by atoms with Crippen molar-refractivity contribution in [2.45, 2.75) is 6.42 Å². The first-order valence-corrected chi connectivity index (χ1v) is 7.15. The molecule has 0 saturated carbocycles. The van der Waals surface area contributed by atoms with Crippen LogP contribution in [0.1, 0.15) is 12.0 Å². The van der Waals surface area contributed by atoms with Crippen LogP contribution in [-0.2, 0) is 4.79 Å². The number of carbonyl (C=O) groups is 1. The Morgan fingerprint density at radius 3 is 2.83 bits per heavy atom. The van der Waals surface area contributed by atoms with E-state index in [1.54, 1.807) is 30.0 Å². The summed E-state index contributed by atoms with van der Waals surface area (Å²) in [5, 5.41) is 2.80. The van der Waals surface area contributed by atoms with Crippen LogP contribution in [0.4, 0.5) is 5.69 Å². The molecule has 0 radical (unpaired) electrons. The van der Waals surface area contributed by atoms with Crippen LogP contribution < -0.4 is 15.8 Å². The number of methoxy groups -OCH3 is 1. The van der Waals surface area contributed by atoms with Crippen LogP contribution in [0.3, 0.4) is 0 Å². The first-order chi connectivity index (χ1) is 8.58. The number of rotatable bonds is 6. The zero-order valence-electron chi connectivity index (χ0n) is 10.4. The van der Waals surface area contributed by atoms with Crippen molar-refractivity contribution in [2.24, 2.45) is 5.73 Å². The first-order valence-electron chi connectivity index (χ1n) is 5.35. The Morgan fingerprint density at radius 1 is 1.56 bits per heavy atom. The second kappa shape index (κ2) is 7.23. The maximum Gasteiger partial charge on any atom is 0.225 e. The highest BCUT2D eigenvalue weighted by molar-refractivity contribution is 7.98. The van der Waals surface area contributed by atoms with Gasteiger partial charge < -0.3 is 15.8 Å². The molecule has 0 spiro atoms. The highest BCUT2D eigenvalue weighted by Crippen LogP contribution is 2.25. The maximum atomic E-state index is 11.6. The fourth-order valence-corrected chi connectivity index (χ4v) is 1.87. The summed E-state index contributed by atoms with van der Waals surface area (Å²) in [6, 6.07) is 5.21. The number of thioether (sulfide) groups is 1. The molecule has 3 N–H and O–H groups in total. The highest BCUT2D eigenvalue weighted by Gasteiger charge is 2.09. The summed E-state index contributed by atoms with van der Waals surface area (Å²) in [7, 11) is 1.54. The Morgan fingerprint density at radius 2 is 2.28 bits per heavy atom. The molecule has 0 aromatic heterocycles. The molecule has 6 heteroatoms. The number of amides is 1. The topological polar surface area (TPSA) is 64.3 Å². The number of nitrogens with one attached hydrogen (secondary N) is 1. The molecular formula is C12H16N2O2S2. The van der Waals surface area contributed by atoms with Gasteiger partial charge in [-0.05, 0) is 24.5 Å². The van der Waals surface area contributed by atoms with E-state index in [1.165, 1.54) is 7.11 Å². The molecule has 0 atom stereocenters. The Kier molecular flexibility index (Phi) is 5.94. The number of benzene rings is 1. The molecular weight excluding hydrogens is 268 g/mol. The third kappa shape index (κ3) is 4.19. The summed E-state index contributed by atoms with van der Waals surface area (Å²) in [6.07, 6.45) is 2.44. The van der Waals surface area contributed by atoms with Gasteiger partial charge in [-0.15, -0.1) is 0 Å². The molecule has 0 heterocycles. The zero-order chi connectivity index (χ0) is 13.5. The third-order valence-electron chi connectivity index (χ3n) is 2.29. The molecule has 1 rings (SSSR count). The van der Waals surface area contributed by atoms with Gasteiger partial charge in [0.05, 0.1) is 12.8 Å². The smallest absolute Gasteiger partial charge is 0.225 e. The van der Waals surface area contributed by atoms with Gasteiger partial charge in [0.1, 0.15) is 10.7 Å². The van der Waals surface area contributed by atoms with Crippen LogP contribution in [0.25, 0.3) is 0 Å². The van der Waals surface area contributed by atoms with Crippen LogP contribution in [-0.4, -0.2) is 30.0 Å². The van der Waals surface area contributed by atoms with Gasteiger partial charge in [0.15, 0.2) is 0 Å². The van der Waals surface area contributed by atoms with E-state index >= 15 is 0 Å². The Bertz CT molecular complexity index is 450. The number of hydrogen-bond acceptors (Lipinski definition) is 4. The summed E-state index contributed by atoms with van der Waals surface area (Å²) in [4.78, 5) is 11.9. The molecule has 1 amide bonds. The average Bonchev–Trinajstić information content (AvgIpc) is 2.36. The number of ether oxygens (including phenoxy) is 1. The number of hydrogen-bond donors (Lipinski definition) is 2. The van der Waals surface area contributed by atoms with Gasteiger partial charge in [-0.25, -0.2) is 0 Å². The summed E-state index contributed by atoms with van der Waals surface area (Å²) in [5.74, 6) is 1.31. The Hall–Kier alpha value is -1.27. The second-order valence-corrected chi connectivity index (χ2v) is 5.00. The van der Waals surface area contributed by atoms with Gasteiger partial charge in [0.25, 0.3) is 0 Å². The minimum absolute atomic E-state index is 0.0364. The first kappa shape index (κ1) is 14.8. The number of carbonyl (C=O) groups excluding carboxylic acids is 1. The van der Waals surface area contributed by atoms with Crippen molar-refractivity contribution >= 4 is 40.6 Å². The second-order valence-electron chi connectivity index (χ2n) is 3.57. The predicted octanol–water partition coefficient (Wildman–Crippen LogP) is 2.02. The summed E-state index contributed by atoms with van der Waals surface area (Å²) in [6.45, 7) is 0. The largest absolute Gasteiger partial charge is 0.495 e. The maximum absolute atomic E-state index is 11.6. The monoisotopic (exact) mass is 284 g/mol. The van der Waals surface area contributed by atoms with Crippen LogP contribution in [0, 0.1) is 0 Å². The normalized spacial score (nSPS) is 9.89. The summed E-state index contributed by atoms with van der Waals surface area (Å²) >= 11 is 6.52. The van der Waals surface area contributed by atoms with E-state index < -0.39 is 0 Å². The fraction of sp³-hybridized carbons (Fsp3) is 0.333. The number of anilines is 1. The summed E-state index contributed by atoms with van der Waals surface area (Å²) < 4.78 is 5.21. The molecule has 98 valence electrons. The standard InChI is InChI=1S/C12H16N2O2S2/c1-16-10-7-8(12(13)17)3-4-9(10)14-11(15)5-6-18-2/h3-4,7H,5-6H2,1-2H3,(H2,13,17)(H,14,15). The Labute approximate surface area is 116 Å². The molecule has 0 bridgehead atoms. The molecule has 0 unspecified atom stereocenters. The van der Waals surface area contributed by atoms with Crippen molar-refractivity contribution in [1.29, 1.82) is 0 Å². The lowest BCUT2D eigenvalue weighted by Gasteiger charge is -2.11. The third-order valence-corrected chi connectivity index (χ3v) is 3.14. The van der Waals surface area contributed by atoms with Crippen molar-refractivity contribution in [1.82, 2.24) is 0 Å². The SMILES string of the molecule is COc1cc(C(N)=S)ccc1NC(=O)CCSC. The predicted molar refractivity (Wildman–Crippen MR) is 80.5 cm³/mol. The molecule has 0 aliphatic carbocycles. The molecule has 4 nitrogen and oxygen atoms in total. The van der Waals surface area contributed by atoms with Crippen molar-refractivity contribution in [3.05, 3.63) is 23.8 Å². The lowest BCUT2D eigenvalue weighted by Crippen LogP contribution is -2.14. The van der Waals surface area contributed by atoms with Gasteiger partial charge >= 0.3 is 0 Å². The van der Waals surface area contributed by atoms with Crippen LogP contribution >= 0.6 is 24.0 Å². The van der Waals surface area contributed by atoms with Crippen molar-refractivity contribution in [2.75, 3.05) is 24.4 Å². The minimum Gasteiger partial charge on any atom is -0.495 e. The van der Waals surface area contributed by atoms with Crippen molar-refractivity contribution in [3.8, 4) is 5.75 Å². The lowest BCUT2D eigenvalue weighted by molar-refractivity contribution is -0.115. The zero-order valence-corrected chi connectivity index (χ0v) is 12.0. The van der Waals surface area contributed by atoms with E-state index in [1.807, 2.05) is 6.26 Å². The van der Waals surface area contributed by atoms with E-state index in [4.69, 9.17) is 22.7 Å². The molecule has 18 heavy (non-hydrogen) atoms. The molecule has 1 aromatic rings. The van der Waals surface area contributed by atoms with E-state index in [2.05, 4.69) is 5.32 Å². The van der Waals surface area contributed by atoms with Gasteiger partial charge in [0.2, 0.25) is 5.91 Å². The molecule has 0 aliphatic heterocycles. The quantitative estimate of drug-likeness (QED) is 0.783. The average molecular weight is 284 g/mol. The van der Waals surface area contributed by atoms with Crippen molar-refractivity contribution in [3.63, 3.8) is 0 Å². The van der Waals surface area contributed by atoms with Gasteiger partial charge in [-0.2, -0.15) is 11.8 Å². The van der Waals surface area contributed by atoms with E-state index in [9.17, 15) is 4.79 Å². The number of thiocarbonyl (C=S) groups is 1. The van der Waals surface area contributed by atoms with Gasteiger partial charge in [0, 0.05) is 17.7 Å². The molecule has 1 aromatic carbocycles. The number of nitrogens with two attached hydrogens (primary N) is 1. The van der Waals surface area contributed by atoms with E-state index in [-0.39, 0.29) is 5.91 Å². The van der Waals surface area contributed by atoms with E-state index in [0.717, 1.165) is 5.75 Å². The highest BCUT2D eigenvalue weighted by atomic mass is 32.2. The molecule has 0 fully saturated rings. The van der Waals surface area contributed by atoms with Crippen molar-refractivity contribution < 1.29 is 9.53 Å². The van der Waals surface area contributed by atoms with Gasteiger partial charge in [-0.1, -0.05) is 12.2 Å². The van der Waals surface area contributed by atoms with Crippen LogP contribution in [0.15, 0.2) is 18.2 Å².